The molecule has 4 nitrogen and oxygen atoms in total. The fourth-order valence-corrected chi connectivity index (χ4v) is 2.04. The number of nitrogens with two attached hydrogens (primary N) is 1. The van der Waals surface area contributed by atoms with E-state index >= 15 is 0 Å². The van der Waals surface area contributed by atoms with Gasteiger partial charge in [0.25, 0.3) is 0 Å². The fraction of sp³-hybridized carbons (Fsp3) is 0.133. The van der Waals surface area contributed by atoms with Crippen LogP contribution in [0, 0.1) is 11.6 Å². The average molecular weight is 292 g/mol. The summed E-state index contributed by atoms with van der Waals surface area (Å²) in [6.45, 7) is -0.464. The lowest BCUT2D eigenvalue weighted by atomic mass is 10.1. The summed E-state index contributed by atoms with van der Waals surface area (Å²) in [4.78, 5) is 12.4. The molecule has 0 radical (unpaired) electrons. The van der Waals surface area contributed by atoms with Gasteiger partial charge in [0, 0.05) is 12.1 Å². The Hall–Kier alpha value is -2.63. The second kappa shape index (κ2) is 6.21. The van der Waals surface area contributed by atoms with Crippen molar-refractivity contribution >= 4 is 17.3 Å². The first kappa shape index (κ1) is 14.8. The first-order valence-corrected chi connectivity index (χ1v) is 6.22. The molecule has 0 saturated carbocycles. The van der Waals surface area contributed by atoms with Crippen molar-refractivity contribution in [3.63, 3.8) is 0 Å². The number of hydrogen-bond donors (Lipinski definition) is 2. The molecule has 2 rings (SSSR count). The second-order valence-corrected chi connectivity index (χ2v) is 4.54. The van der Waals surface area contributed by atoms with E-state index in [2.05, 4.69) is 0 Å². The predicted octanol–water partition coefficient (Wildman–Crippen LogP) is 2.64. The summed E-state index contributed by atoms with van der Waals surface area (Å²) in [6, 6.07) is 9.73. The third-order valence-corrected chi connectivity index (χ3v) is 2.97. The van der Waals surface area contributed by atoms with Gasteiger partial charge in [-0.05, 0) is 30.3 Å². The number of halogens is 2. The lowest BCUT2D eigenvalue weighted by Gasteiger charge is -2.24. The maximum atomic E-state index is 13.7. The highest BCUT2D eigenvalue weighted by Gasteiger charge is 2.16. The third kappa shape index (κ3) is 3.68. The van der Waals surface area contributed by atoms with E-state index in [0.29, 0.717) is 11.4 Å². The number of carboxylic acid groups (broad SMARTS) is 1. The van der Waals surface area contributed by atoms with Crippen LogP contribution in [0.1, 0.15) is 5.56 Å². The minimum absolute atomic E-state index is 0.0690. The van der Waals surface area contributed by atoms with Gasteiger partial charge >= 0.3 is 5.97 Å². The summed E-state index contributed by atoms with van der Waals surface area (Å²) in [5, 5.41) is 8.99. The molecule has 110 valence electrons. The molecular weight excluding hydrogens is 278 g/mol. The fourth-order valence-electron chi connectivity index (χ4n) is 2.04. The maximum Gasteiger partial charge on any atom is 0.323 e. The minimum Gasteiger partial charge on any atom is -0.480 e. The van der Waals surface area contributed by atoms with E-state index in [0.717, 1.165) is 18.2 Å². The highest BCUT2D eigenvalue weighted by Crippen LogP contribution is 2.25. The zero-order valence-corrected chi connectivity index (χ0v) is 11.1. The zero-order valence-electron chi connectivity index (χ0n) is 11.1. The minimum atomic E-state index is -1.09. The van der Waals surface area contributed by atoms with E-state index in [4.69, 9.17) is 10.8 Å². The van der Waals surface area contributed by atoms with Gasteiger partial charge in [-0.1, -0.05) is 12.1 Å². The molecule has 0 heterocycles. The molecule has 0 atom stereocenters. The highest BCUT2D eigenvalue weighted by molar-refractivity contribution is 5.77. The second-order valence-electron chi connectivity index (χ2n) is 4.54. The van der Waals surface area contributed by atoms with E-state index in [1.807, 2.05) is 0 Å². The molecule has 6 heteroatoms. The topological polar surface area (TPSA) is 66.6 Å². The molecule has 0 aromatic heterocycles. The van der Waals surface area contributed by atoms with Crippen LogP contribution in [0.4, 0.5) is 20.2 Å². The van der Waals surface area contributed by atoms with E-state index in [-0.39, 0.29) is 18.7 Å². The number of hydrogen-bond acceptors (Lipinski definition) is 3. The number of aliphatic carboxylic acids is 1. The Morgan fingerprint density at radius 3 is 2.57 bits per heavy atom. The Morgan fingerprint density at radius 1 is 1.19 bits per heavy atom. The van der Waals surface area contributed by atoms with Gasteiger partial charge in [-0.2, -0.15) is 0 Å². The smallest absolute Gasteiger partial charge is 0.323 e. The van der Waals surface area contributed by atoms with Crippen molar-refractivity contribution in [2.45, 2.75) is 6.54 Å². The Labute approximate surface area is 120 Å². The molecule has 0 unspecified atom stereocenters. The predicted molar refractivity (Wildman–Crippen MR) is 75.9 cm³/mol. The van der Waals surface area contributed by atoms with Gasteiger partial charge in [-0.25, -0.2) is 8.78 Å². The first-order valence-electron chi connectivity index (χ1n) is 6.22. The van der Waals surface area contributed by atoms with Gasteiger partial charge in [0.15, 0.2) is 0 Å². The van der Waals surface area contributed by atoms with Crippen LogP contribution >= 0.6 is 0 Å². The molecule has 0 spiro atoms. The van der Waals surface area contributed by atoms with E-state index in [9.17, 15) is 13.6 Å². The normalized spacial score (nSPS) is 10.4. The number of rotatable bonds is 5. The standard InChI is InChI=1S/C15H14F2N2O2/c16-11-5-6-12(17)10(7-11)8-19(9-15(20)21)14-4-2-1-3-13(14)18/h1-7H,8-9,18H2,(H,20,21). The molecule has 0 fully saturated rings. The van der Waals surface area contributed by atoms with Gasteiger partial charge in [0.2, 0.25) is 0 Å². The van der Waals surface area contributed by atoms with Crippen molar-refractivity contribution in [3.8, 4) is 0 Å². The molecule has 0 amide bonds. The lowest BCUT2D eigenvalue weighted by Crippen LogP contribution is -2.30. The summed E-state index contributed by atoms with van der Waals surface area (Å²) in [6.07, 6.45) is 0. The van der Waals surface area contributed by atoms with Gasteiger partial charge in [-0.3, -0.25) is 4.79 Å². The van der Waals surface area contributed by atoms with Crippen molar-refractivity contribution in [2.75, 3.05) is 17.2 Å². The molecule has 0 aliphatic rings. The first-order chi connectivity index (χ1) is 9.97. The molecule has 2 aromatic carbocycles. The number of carbonyl (C=O) groups is 1. The lowest BCUT2D eigenvalue weighted by molar-refractivity contribution is -0.135. The van der Waals surface area contributed by atoms with Crippen molar-refractivity contribution in [1.82, 2.24) is 0 Å². The van der Waals surface area contributed by atoms with E-state index in [1.165, 1.54) is 4.90 Å². The van der Waals surface area contributed by atoms with Crippen LogP contribution in [0.2, 0.25) is 0 Å². The van der Waals surface area contributed by atoms with Crippen molar-refractivity contribution in [3.05, 3.63) is 59.7 Å². The molecule has 0 aliphatic heterocycles. The summed E-state index contributed by atoms with van der Waals surface area (Å²) in [5.41, 5.74) is 6.72. The summed E-state index contributed by atoms with van der Waals surface area (Å²) >= 11 is 0. The van der Waals surface area contributed by atoms with Crippen LogP contribution in [-0.2, 0) is 11.3 Å². The largest absolute Gasteiger partial charge is 0.480 e. The number of carboxylic acids is 1. The number of nitrogens with zero attached hydrogens (tertiary/aromatic N) is 1. The number of benzene rings is 2. The molecular formula is C15H14F2N2O2. The molecule has 2 aromatic rings. The Bertz CT molecular complexity index is 662. The van der Waals surface area contributed by atoms with Crippen LogP contribution in [0.15, 0.2) is 42.5 Å². The van der Waals surface area contributed by atoms with Crippen LogP contribution in [0.5, 0.6) is 0 Å². The van der Waals surface area contributed by atoms with Gasteiger partial charge in [0.05, 0.1) is 11.4 Å². The van der Waals surface area contributed by atoms with Gasteiger partial charge < -0.3 is 15.7 Å². The van der Waals surface area contributed by atoms with Gasteiger partial charge in [0.1, 0.15) is 18.2 Å². The van der Waals surface area contributed by atoms with E-state index in [1.54, 1.807) is 24.3 Å². The molecule has 0 bridgehead atoms. The Kier molecular flexibility index (Phi) is 4.37. The molecule has 3 N–H and O–H groups in total. The maximum absolute atomic E-state index is 13.7. The van der Waals surface area contributed by atoms with Crippen LogP contribution in [0.25, 0.3) is 0 Å². The zero-order chi connectivity index (χ0) is 15.4. The Morgan fingerprint density at radius 2 is 1.90 bits per heavy atom. The summed E-state index contributed by atoms with van der Waals surface area (Å²) < 4.78 is 26.9. The van der Waals surface area contributed by atoms with Crippen molar-refractivity contribution < 1.29 is 18.7 Å². The van der Waals surface area contributed by atoms with Gasteiger partial charge in [-0.15, -0.1) is 0 Å². The molecule has 21 heavy (non-hydrogen) atoms. The van der Waals surface area contributed by atoms with Crippen LogP contribution < -0.4 is 10.6 Å². The van der Waals surface area contributed by atoms with Crippen LogP contribution in [-0.4, -0.2) is 17.6 Å². The highest BCUT2D eigenvalue weighted by atomic mass is 19.1. The van der Waals surface area contributed by atoms with Crippen molar-refractivity contribution in [1.29, 1.82) is 0 Å². The summed E-state index contributed by atoms with van der Waals surface area (Å²) in [5.74, 6) is -2.26. The van der Waals surface area contributed by atoms with E-state index < -0.39 is 17.6 Å². The number of para-hydroxylation sites is 2. The molecule has 0 saturated heterocycles. The third-order valence-electron chi connectivity index (χ3n) is 2.97. The average Bonchev–Trinajstić information content (AvgIpc) is 2.42. The number of anilines is 2. The van der Waals surface area contributed by atoms with Crippen molar-refractivity contribution in [2.24, 2.45) is 0 Å². The monoisotopic (exact) mass is 292 g/mol. The summed E-state index contributed by atoms with van der Waals surface area (Å²) in [7, 11) is 0. The quantitative estimate of drug-likeness (QED) is 0.831. The van der Waals surface area contributed by atoms with Crippen LogP contribution in [0.3, 0.4) is 0 Å². The molecule has 0 aliphatic carbocycles. The SMILES string of the molecule is Nc1ccccc1N(CC(=O)O)Cc1cc(F)ccc1F. The number of nitrogen functional groups attached to an aromatic ring is 1. The Balaban J connectivity index is 2.35.